The van der Waals surface area contributed by atoms with Crippen molar-refractivity contribution in [3.63, 3.8) is 0 Å². The van der Waals surface area contributed by atoms with Crippen molar-refractivity contribution in [2.24, 2.45) is 0 Å². The third kappa shape index (κ3) is 3.21. The van der Waals surface area contributed by atoms with Gasteiger partial charge in [-0.05, 0) is 4.92 Å². The normalized spacial score (nSPS) is 11.7. The van der Waals surface area contributed by atoms with E-state index in [9.17, 15) is 36.5 Å². The van der Waals surface area contributed by atoms with E-state index in [2.05, 4.69) is 9.72 Å². The van der Waals surface area contributed by atoms with Gasteiger partial charge in [-0.1, -0.05) is 0 Å². The van der Waals surface area contributed by atoms with Crippen molar-refractivity contribution in [2.45, 2.75) is 12.8 Å². The van der Waals surface area contributed by atoms with Crippen LogP contribution < -0.4 is 4.74 Å². The maximum atomic E-state index is 13.1. The Kier molecular flexibility index (Phi) is 3.62. The second kappa shape index (κ2) is 4.66. The van der Waals surface area contributed by atoms with E-state index in [-0.39, 0.29) is 6.07 Å². The zero-order valence-corrected chi connectivity index (χ0v) is 8.04. The summed E-state index contributed by atoms with van der Waals surface area (Å²) in [6.07, 6.45) is -8.85. The lowest BCUT2D eigenvalue weighted by Crippen LogP contribution is -2.18. The fourth-order valence-electron chi connectivity index (χ4n) is 0.962. The summed E-state index contributed by atoms with van der Waals surface area (Å²) in [5, 5.41) is 10.2. The number of aromatic nitrogens is 1. The Bertz CT molecular complexity index is 475. The van der Waals surface area contributed by atoms with E-state index in [1.807, 2.05) is 0 Å². The lowest BCUT2D eigenvalue weighted by molar-refractivity contribution is -0.392. The lowest BCUT2D eigenvalue weighted by Gasteiger charge is -2.07. The molecule has 0 bridgehead atoms. The molecule has 5 nitrogen and oxygen atoms in total. The lowest BCUT2D eigenvalue weighted by atomic mass is 10.2. The molecule has 0 aliphatic rings. The minimum absolute atomic E-state index is 0.0551. The first-order valence-electron chi connectivity index (χ1n) is 4.00. The Morgan fingerprint density at radius 3 is 2.33 bits per heavy atom. The van der Waals surface area contributed by atoms with Crippen molar-refractivity contribution in [1.82, 2.24) is 4.98 Å². The summed E-state index contributed by atoms with van der Waals surface area (Å²) in [6, 6.07) is -0.0551. The van der Waals surface area contributed by atoms with Crippen LogP contribution in [-0.2, 0) is 0 Å². The molecule has 1 heterocycles. The Balaban J connectivity index is 3.34. The molecule has 100 valence electrons. The maximum absolute atomic E-state index is 13.1. The van der Waals surface area contributed by atoms with E-state index in [1.54, 1.807) is 0 Å². The number of rotatable bonds is 3. The van der Waals surface area contributed by atoms with Gasteiger partial charge in [0.2, 0.25) is 5.82 Å². The van der Waals surface area contributed by atoms with E-state index < -0.39 is 40.8 Å². The van der Waals surface area contributed by atoms with Crippen LogP contribution in [0.15, 0.2) is 6.07 Å². The third-order valence-electron chi connectivity index (χ3n) is 1.57. The van der Waals surface area contributed by atoms with Crippen molar-refractivity contribution in [1.29, 1.82) is 0 Å². The summed E-state index contributed by atoms with van der Waals surface area (Å²) in [4.78, 5) is 11.2. The molecule has 1 aromatic heterocycles. The molecule has 0 spiro atoms. The topological polar surface area (TPSA) is 65.3 Å². The van der Waals surface area contributed by atoms with E-state index in [0.29, 0.717) is 0 Å². The van der Waals surface area contributed by atoms with Crippen LogP contribution in [0, 0.1) is 15.9 Å². The molecular formula is C7H2F6N2O3. The number of halogens is 6. The molecular weight excluding hydrogens is 274 g/mol. The minimum Gasteiger partial charge on any atom is -0.366 e. The van der Waals surface area contributed by atoms with Gasteiger partial charge in [-0.2, -0.15) is 4.39 Å². The van der Waals surface area contributed by atoms with Gasteiger partial charge in [0.25, 0.3) is 6.43 Å². The van der Waals surface area contributed by atoms with Crippen LogP contribution in [0.3, 0.4) is 0 Å². The van der Waals surface area contributed by atoms with Gasteiger partial charge in [0.15, 0.2) is 0 Å². The number of nitrogens with zero attached hydrogens (tertiary/aromatic N) is 2. The molecule has 11 heteroatoms. The molecule has 0 saturated heterocycles. The SMILES string of the molecule is O=[N+]([O-])c1nc(OC(F)(F)F)cc(C(F)F)c1F. The first-order valence-corrected chi connectivity index (χ1v) is 4.00. The minimum atomic E-state index is -5.29. The van der Waals surface area contributed by atoms with E-state index in [0.717, 1.165) is 0 Å². The predicted molar refractivity (Wildman–Crippen MR) is 42.5 cm³/mol. The molecule has 0 radical (unpaired) electrons. The first-order chi connectivity index (χ1) is 8.11. The smallest absolute Gasteiger partial charge is 0.366 e. The highest BCUT2D eigenvalue weighted by Gasteiger charge is 2.36. The maximum Gasteiger partial charge on any atom is 0.575 e. The molecule has 0 unspecified atom stereocenters. The highest BCUT2D eigenvalue weighted by Crippen LogP contribution is 2.32. The Hall–Kier alpha value is -2.07. The highest BCUT2D eigenvalue weighted by molar-refractivity contribution is 5.35. The van der Waals surface area contributed by atoms with Gasteiger partial charge in [0.1, 0.15) is 0 Å². The van der Waals surface area contributed by atoms with Crippen molar-refractivity contribution in [3.05, 3.63) is 27.6 Å². The molecule has 0 aliphatic carbocycles. The summed E-state index contributed by atoms with van der Waals surface area (Å²) in [6.45, 7) is 0. The van der Waals surface area contributed by atoms with Gasteiger partial charge in [0.05, 0.1) is 5.56 Å². The monoisotopic (exact) mass is 276 g/mol. The summed E-state index contributed by atoms with van der Waals surface area (Å²) in [7, 11) is 0. The van der Waals surface area contributed by atoms with Gasteiger partial charge in [0, 0.05) is 11.1 Å². The van der Waals surface area contributed by atoms with Crippen LogP contribution in [0.4, 0.5) is 32.2 Å². The molecule has 0 atom stereocenters. The molecule has 18 heavy (non-hydrogen) atoms. The average molecular weight is 276 g/mol. The number of ether oxygens (including phenoxy) is 1. The van der Waals surface area contributed by atoms with Gasteiger partial charge >= 0.3 is 18.1 Å². The summed E-state index contributed by atoms with van der Waals surface area (Å²) < 4.78 is 76.1. The summed E-state index contributed by atoms with van der Waals surface area (Å²) >= 11 is 0. The van der Waals surface area contributed by atoms with Crippen molar-refractivity contribution in [3.8, 4) is 5.88 Å². The van der Waals surface area contributed by atoms with Gasteiger partial charge in [-0.25, -0.2) is 8.78 Å². The molecule has 1 rings (SSSR count). The molecule has 0 saturated carbocycles. The fourth-order valence-corrected chi connectivity index (χ4v) is 0.962. The number of hydrogen-bond acceptors (Lipinski definition) is 4. The molecule has 0 amide bonds. The van der Waals surface area contributed by atoms with Crippen LogP contribution in [0.2, 0.25) is 0 Å². The van der Waals surface area contributed by atoms with Crippen LogP contribution in [0.1, 0.15) is 12.0 Å². The zero-order chi connectivity index (χ0) is 14.1. The van der Waals surface area contributed by atoms with Crippen molar-refractivity contribution >= 4 is 5.82 Å². The average Bonchev–Trinajstić information content (AvgIpc) is 2.17. The molecule has 0 N–H and O–H groups in total. The van der Waals surface area contributed by atoms with Crippen LogP contribution in [0.5, 0.6) is 5.88 Å². The summed E-state index contributed by atoms with van der Waals surface area (Å²) in [5.41, 5.74) is -1.60. The Labute approximate surface area is 94.1 Å². The molecule has 0 aromatic carbocycles. The van der Waals surface area contributed by atoms with Crippen LogP contribution >= 0.6 is 0 Å². The summed E-state index contributed by atoms with van der Waals surface area (Å²) in [5.74, 6) is -5.32. The predicted octanol–water partition coefficient (Wildman–Crippen LogP) is 2.97. The second-order valence-electron chi connectivity index (χ2n) is 2.79. The quantitative estimate of drug-likeness (QED) is 0.483. The van der Waals surface area contributed by atoms with E-state index >= 15 is 0 Å². The van der Waals surface area contributed by atoms with Crippen LogP contribution in [0.25, 0.3) is 0 Å². The first kappa shape index (κ1) is 14.0. The van der Waals surface area contributed by atoms with Gasteiger partial charge < -0.3 is 14.9 Å². The Morgan fingerprint density at radius 2 is 1.94 bits per heavy atom. The largest absolute Gasteiger partial charge is 0.575 e. The van der Waals surface area contributed by atoms with Crippen molar-refractivity contribution in [2.75, 3.05) is 0 Å². The van der Waals surface area contributed by atoms with Crippen molar-refractivity contribution < 1.29 is 36.0 Å². The van der Waals surface area contributed by atoms with Gasteiger partial charge in [-0.3, -0.25) is 0 Å². The number of nitro groups is 1. The number of hydrogen-bond donors (Lipinski definition) is 0. The zero-order valence-electron chi connectivity index (χ0n) is 8.04. The number of alkyl halides is 5. The van der Waals surface area contributed by atoms with E-state index in [4.69, 9.17) is 0 Å². The molecule has 1 aromatic rings. The van der Waals surface area contributed by atoms with Crippen LogP contribution in [-0.4, -0.2) is 16.3 Å². The second-order valence-corrected chi connectivity index (χ2v) is 2.79. The standard InChI is InChI=1S/C7H2F6N2O3/c8-4-2(5(9)10)1-3(18-7(11,12)13)14-6(4)15(16)17/h1,5H. The Morgan fingerprint density at radius 1 is 1.39 bits per heavy atom. The number of pyridine rings is 1. The molecule has 0 aliphatic heterocycles. The third-order valence-corrected chi connectivity index (χ3v) is 1.57. The van der Waals surface area contributed by atoms with Gasteiger partial charge in [-0.15, -0.1) is 13.2 Å². The highest BCUT2D eigenvalue weighted by atomic mass is 19.4. The molecule has 0 fully saturated rings. The van der Waals surface area contributed by atoms with E-state index in [1.165, 1.54) is 0 Å². The fraction of sp³-hybridized carbons (Fsp3) is 0.286.